The number of carbonyl (C=O) groups is 1. The number of rotatable bonds is 9. The fourth-order valence-corrected chi connectivity index (χ4v) is 1.23. The SMILES string of the molecule is [N-]=[N+]=NCCCC(=O)[C@H](O)[C@@H](O)[C@H](O)[C@H](O)CO. The van der Waals surface area contributed by atoms with Crippen LogP contribution in [0.25, 0.3) is 10.4 Å². The highest BCUT2D eigenvalue weighted by Gasteiger charge is 2.33. The number of azide groups is 1. The lowest BCUT2D eigenvalue weighted by atomic mass is 9.98. The summed E-state index contributed by atoms with van der Waals surface area (Å²) in [7, 11) is 0. The van der Waals surface area contributed by atoms with Gasteiger partial charge in [0.05, 0.1) is 6.61 Å². The van der Waals surface area contributed by atoms with Crippen LogP contribution in [0.2, 0.25) is 0 Å². The summed E-state index contributed by atoms with van der Waals surface area (Å²) in [5.41, 5.74) is 7.99. The molecule has 9 nitrogen and oxygen atoms in total. The van der Waals surface area contributed by atoms with Gasteiger partial charge in [-0.15, -0.1) is 0 Å². The number of hydrogen-bond acceptors (Lipinski definition) is 7. The Morgan fingerprint density at radius 3 is 2.33 bits per heavy atom. The van der Waals surface area contributed by atoms with Gasteiger partial charge < -0.3 is 25.5 Å². The van der Waals surface area contributed by atoms with Crippen molar-refractivity contribution in [3.8, 4) is 0 Å². The second-order valence-electron chi connectivity index (χ2n) is 3.70. The van der Waals surface area contributed by atoms with Crippen LogP contribution >= 0.6 is 0 Å². The Morgan fingerprint density at radius 1 is 1.22 bits per heavy atom. The van der Waals surface area contributed by atoms with Crippen molar-refractivity contribution >= 4 is 5.78 Å². The minimum absolute atomic E-state index is 0.0763. The van der Waals surface area contributed by atoms with Gasteiger partial charge in [0.2, 0.25) is 0 Å². The van der Waals surface area contributed by atoms with E-state index in [4.69, 9.17) is 15.7 Å². The molecule has 0 radical (unpaired) electrons. The first-order valence-electron chi connectivity index (χ1n) is 5.32. The Morgan fingerprint density at radius 2 is 1.83 bits per heavy atom. The molecule has 0 fully saturated rings. The van der Waals surface area contributed by atoms with Crippen molar-refractivity contribution in [3.05, 3.63) is 10.4 Å². The summed E-state index contributed by atoms with van der Waals surface area (Å²) in [5.74, 6) is -0.750. The smallest absolute Gasteiger partial charge is 0.164 e. The summed E-state index contributed by atoms with van der Waals surface area (Å²) in [6.45, 7) is -0.733. The largest absolute Gasteiger partial charge is 0.394 e. The quantitative estimate of drug-likeness (QED) is 0.141. The zero-order valence-corrected chi connectivity index (χ0v) is 9.62. The zero-order valence-electron chi connectivity index (χ0n) is 9.62. The fourth-order valence-electron chi connectivity index (χ4n) is 1.23. The van der Waals surface area contributed by atoms with Crippen LogP contribution in [0.3, 0.4) is 0 Å². The lowest BCUT2D eigenvalue weighted by Gasteiger charge is -2.24. The van der Waals surface area contributed by atoms with Crippen molar-refractivity contribution in [1.29, 1.82) is 0 Å². The minimum Gasteiger partial charge on any atom is -0.394 e. The average Bonchev–Trinajstić information content (AvgIpc) is 2.39. The second-order valence-corrected chi connectivity index (χ2v) is 3.70. The molecule has 104 valence electrons. The summed E-state index contributed by atoms with van der Waals surface area (Å²) in [4.78, 5) is 13.8. The van der Waals surface area contributed by atoms with Crippen LogP contribution in [0.15, 0.2) is 5.11 Å². The number of carbonyl (C=O) groups excluding carboxylic acids is 1. The summed E-state index contributed by atoms with van der Waals surface area (Å²) >= 11 is 0. The van der Waals surface area contributed by atoms with Crippen LogP contribution < -0.4 is 0 Å². The van der Waals surface area contributed by atoms with E-state index in [2.05, 4.69) is 10.0 Å². The maximum absolute atomic E-state index is 11.4. The van der Waals surface area contributed by atoms with E-state index in [1.54, 1.807) is 0 Å². The van der Waals surface area contributed by atoms with Gasteiger partial charge in [-0.1, -0.05) is 5.11 Å². The Bertz CT molecular complexity index is 307. The number of aliphatic hydroxyl groups is 5. The Hall–Kier alpha value is -1.22. The average molecular weight is 263 g/mol. The summed E-state index contributed by atoms with van der Waals surface area (Å²) in [5, 5.41) is 48.8. The van der Waals surface area contributed by atoms with Crippen LogP contribution in [0.5, 0.6) is 0 Å². The van der Waals surface area contributed by atoms with Crippen molar-refractivity contribution in [1.82, 2.24) is 0 Å². The Balaban J connectivity index is 4.22. The highest BCUT2D eigenvalue weighted by atomic mass is 16.4. The molecule has 0 aromatic carbocycles. The van der Waals surface area contributed by atoms with Crippen molar-refractivity contribution in [2.24, 2.45) is 5.11 Å². The standard InChI is InChI=1S/C9H17N3O6/c10-12-11-3-1-2-5(14)7(16)9(18)8(17)6(15)4-13/h6-9,13,15-18H,1-4H2/t6-,7+,8-,9-/m1/s1. The molecule has 0 aliphatic rings. The molecule has 0 aliphatic heterocycles. The summed E-state index contributed by atoms with van der Waals surface area (Å²) in [6.07, 6.45) is -7.17. The van der Waals surface area contributed by atoms with Gasteiger partial charge in [0, 0.05) is 17.9 Å². The maximum Gasteiger partial charge on any atom is 0.164 e. The molecule has 4 atom stereocenters. The van der Waals surface area contributed by atoms with E-state index in [0.29, 0.717) is 0 Å². The topological polar surface area (TPSA) is 167 Å². The second kappa shape index (κ2) is 8.81. The van der Waals surface area contributed by atoms with Gasteiger partial charge in [-0.2, -0.15) is 0 Å². The third-order valence-corrected chi connectivity index (χ3v) is 2.33. The van der Waals surface area contributed by atoms with E-state index in [1.807, 2.05) is 0 Å². The van der Waals surface area contributed by atoms with E-state index in [9.17, 15) is 20.1 Å². The van der Waals surface area contributed by atoms with Gasteiger partial charge in [-0.3, -0.25) is 4.79 Å². The molecule has 0 saturated heterocycles. The third kappa shape index (κ3) is 5.41. The Labute approximate surface area is 103 Å². The van der Waals surface area contributed by atoms with Crippen molar-refractivity contribution in [3.63, 3.8) is 0 Å². The lowest BCUT2D eigenvalue weighted by molar-refractivity contribution is -0.147. The number of hydrogen-bond donors (Lipinski definition) is 5. The molecule has 0 spiro atoms. The molecule has 0 amide bonds. The predicted octanol–water partition coefficient (Wildman–Crippen LogP) is -1.92. The number of aliphatic hydroxyl groups excluding tert-OH is 5. The van der Waals surface area contributed by atoms with Crippen LogP contribution in [-0.2, 0) is 4.79 Å². The normalized spacial score (nSPS) is 17.4. The Kier molecular flexibility index (Phi) is 8.21. The highest BCUT2D eigenvalue weighted by Crippen LogP contribution is 2.08. The first-order valence-corrected chi connectivity index (χ1v) is 5.32. The number of nitrogens with zero attached hydrogens (tertiary/aromatic N) is 3. The predicted molar refractivity (Wildman–Crippen MR) is 59.4 cm³/mol. The summed E-state index contributed by atoms with van der Waals surface area (Å²) in [6, 6.07) is 0. The molecule has 0 saturated carbocycles. The minimum atomic E-state index is -1.89. The molecule has 0 aromatic rings. The van der Waals surface area contributed by atoms with Crippen molar-refractivity contribution in [2.45, 2.75) is 37.3 Å². The van der Waals surface area contributed by atoms with E-state index >= 15 is 0 Å². The molecule has 5 N–H and O–H groups in total. The molecule has 0 heterocycles. The van der Waals surface area contributed by atoms with Gasteiger partial charge in [0.1, 0.15) is 24.4 Å². The molecule has 0 unspecified atom stereocenters. The monoisotopic (exact) mass is 263 g/mol. The van der Waals surface area contributed by atoms with Gasteiger partial charge in [-0.05, 0) is 12.0 Å². The molecule has 0 rings (SSSR count). The van der Waals surface area contributed by atoms with Crippen LogP contribution in [0, 0.1) is 0 Å². The molecular formula is C9H17N3O6. The van der Waals surface area contributed by atoms with E-state index < -0.39 is 36.8 Å². The van der Waals surface area contributed by atoms with Gasteiger partial charge >= 0.3 is 0 Å². The van der Waals surface area contributed by atoms with E-state index in [-0.39, 0.29) is 19.4 Å². The van der Waals surface area contributed by atoms with Crippen LogP contribution in [0.4, 0.5) is 0 Å². The zero-order chi connectivity index (χ0) is 14.1. The molecule has 18 heavy (non-hydrogen) atoms. The number of ketones is 1. The maximum atomic E-state index is 11.4. The van der Waals surface area contributed by atoms with Gasteiger partial charge in [0.15, 0.2) is 5.78 Å². The summed E-state index contributed by atoms with van der Waals surface area (Å²) < 4.78 is 0. The van der Waals surface area contributed by atoms with Gasteiger partial charge in [0.25, 0.3) is 0 Å². The van der Waals surface area contributed by atoms with Gasteiger partial charge in [-0.25, -0.2) is 0 Å². The molecule has 0 aliphatic carbocycles. The lowest BCUT2D eigenvalue weighted by Crippen LogP contribution is -2.48. The molecule has 0 bridgehead atoms. The van der Waals surface area contributed by atoms with Crippen molar-refractivity contribution in [2.75, 3.05) is 13.2 Å². The number of Topliss-reactive ketones (excluding diaryl/α,β-unsaturated/α-hetero) is 1. The first-order chi connectivity index (χ1) is 8.45. The van der Waals surface area contributed by atoms with Crippen LogP contribution in [0.1, 0.15) is 12.8 Å². The fraction of sp³-hybridized carbons (Fsp3) is 0.889. The third-order valence-electron chi connectivity index (χ3n) is 2.33. The molecular weight excluding hydrogens is 246 g/mol. The molecule has 0 aromatic heterocycles. The van der Waals surface area contributed by atoms with Crippen LogP contribution in [-0.4, -0.2) is 68.9 Å². The van der Waals surface area contributed by atoms with E-state index in [1.165, 1.54) is 0 Å². The highest BCUT2D eigenvalue weighted by molar-refractivity contribution is 5.83. The molecule has 9 heteroatoms. The van der Waals surface area contributed by atoms with E-state index in [0.717, 1.165) is 0 Å². The van der Waals surface area contributed by atoms with Crippen molar-refractivity contribution < 1.29 is 30.3 Å². The first kappa shape index (κ1) is 16.8.